The summed E-state index contributed by atoms with van der Waals surface area (Å²) in [4.78, 5) is 23.2. The molecule has 2 heteroatoms. The first-order chi connectivity index (χ1) is 10.3. The Bertz CT molecular complexity index is 518. The van der Waals surface area contributed by atoms with Crippen LogP contribution in [0.4, 0.5) is 0 Å². The van der Waals surface area contributed by atoms with E-state index in [1.54, 1.807) is 0 Å². The molecule has 0 aromatic carbocycles. The van der Waals surface area contributed by atoms with Gasteiger partial charge >= 0.3 is 0 Å². The molecule has 0 bridgehead atoms. The zero-order valence-electron chi connectivity index (χ0n) is 14.5. The van der Waals surface area contributed by atoms with E-state index < -0.39 is 0 Å². The minimum atomic E-state index is -0.202. The molecule has 0 radical (unpaired) electrons. The van der Waals surface area contributed by atoms with Gasteiger partial charge in [-0.15, -0.1) is 0 Å². The van der Waals surface area contributed by atoms with Crippen LogP contribution in [0.2, 0.25) is 0 Å². The molecule has 0 amide bonds. The summed E-state index contributed by atoms with van der Waals surface area (Å²) in [6.07, 6.45) is 11.2. The Balaban J connectivity index is 2.06. The summed E-state index contributed by atoms with van der Waals surface area (Å²) < 4.78 is 0. The molecule has 0 saturated heterocycles. The number of hydrogen-bond acceptors (Lipinski definition) is 2. The van der Waals surface area contributed by atoms with E-state index in [0.29, 0.717) is 16.7 Å². The quantitative estimate of drug-likeness (QED) is 0.700. The molecule has 3 aliphatic carbocycles. The maximum absolute atomic E-state index is 11.8. The minimum Gasteiger partial charge on any atom is -0.303 e. The van der Waals surface area contributed by atoms with Crippen LogP contribution in [0.1, 0.15) is 66.2 Å². The van der Waals surface area contributed by atoms with Gasteiger partial charge in [0.2, 0.25) is 0 Å². The van der Waals surface area contributed by atoms with Gasteiger partial charge in [0.1, 0.15) is 12.6 Å². The van der Waals surface area contributed by atoms with Crippen molar-refractivity contribution in [2.45, 2.75) is 66.2 Å². The summed E-state index contributed by atoms with van der Waals surface area (Å²) in [6, 6.07) is 0. The molecule has 2 saturated carbocycles. The highest BCUT2D eigenvalue weighted by atomic mass is 16.1. The molecule has 3 rings (SSSR count). The maximum atomic E-state index is 11.8. The van der Waals surface area contributed by atoms with E-state index in [0.717, 1.165) is 36.9 Å². The Labute approximate surface area is 134 Å². The molecule has 2 nitrogen and oxygen atoms in total. The highest BCUT2D eigenvalue weighted by molar-refractivity contribution is 5.82. The van der Waals surface area contributed by atoms with Crippen molar-refractivity contribution in [2.75, 3.05) is 0 Å². The Hall–Kier alpha value is -0.920. The summed E-state index contributed by atoms with van der Waals surface area (Å²) in [5, 5.41) is 0. The van der Waals surface area contributed by atoms with Crippen molar-refractivity contribution in [1.82, 2.24) is 0 Å². The summed E-state index contributed by atoms with van der Waals surface area (Å²) in [6.45, 7) is 9.62. The smallest absolute Gasteiger partial charge is 0.146 e. The topological polar surface area (TPSA) is 34.1 Å². The first-order valence-corrected chi connectivity index (χ1v) is 8.90. The van der Waals surface area contributed by atoms with Gasteiger partial charge in [-0.25, -0.2) is 0 Å². The van der Waals surface area contributed by atoms with Crippen molar-refractivity contribution in [3.05, 3.63) is 11.6 Å². The summed E-state index contributed by atoms with van der Waals surface area (Å²) in [5.74, 6) is 1.06. The standard InChI is InChI=1S/C20H30O2/c1-18(2)9-5-10-20(4)16(18)8-11-19(3)15(13-22)14(12-21)6-7-17(19)20/h6,12-13,15-17H,5,7-11H2,1-4H3/t15-,16?,17?,19+,20+/m1/s1. The zero-order chi connectivity index (χ0) is 16.2. The third-order valence-corrected chi connectivity index (χ3v) is 7.77. The van der Waals surface area contributed by atoms with E-state index in [4.69, 9.17) is 0 Å². The monoisotopic (exact) mass is 302 g/mol. The van der Waals surface area contributed by atoms with Gasteiger partial charge in [-0.2, -0.15) is 0 Å². The number of fused-ring (bicyclic) bond motifs is 3. The molecular formula is C20H30O2. The number of carbonyl (C=O) groups is 2. The third-order valence-electron chi connectivity index (χ3n) is 7.77. The lowest BCUT2D eigenvalue weighted by atomic mass is 9.40. The number of allylic oxidation sites excluding steroid dienone is 2. The molecule has 5 atom stereocenters. The second kappa shape index (κ2) is 5.04. The van der Waals surface area contributed by atoms with Crippen LogP contribution in [0.25, 0.3) is 0 Å². The number of rotatable bonds is 2. The van der Waals surface area contributed by atoms with Crippen LogP contribution >= 0.6 is 0 Å². The lowest BCUT2D eigenvalue weighted by molar-refractivity contribution is -0.151. The fourth-order valence-corrected chi connectivity index (χ4v) is 6.71. The molecule has 0 aliphatic heterocycles. The first kappa shape index (κ1) is 16.0. The van der Waals surface area contributed by atoms with E-state index >= 15 is 0 Å². The largest absolute Gasteiger partial charge is 0.303 e. The predicted octanol–water partition coefficient (Wildman–Crippen LogP) is 4.58. The fourth-order valence-electron chi connectivity index (χ4n) is 6.71. The van der Waals surface area contributed by atoms with Crippen molar-refractivity contribution in [3.63, 3.8) is 0 Å². The lowest BCUT2D eigenvalue weighted by Gasteiger charge is -2.64. The Kier molecular flexibility index (Phi) is 3.66. The van der Waals surface area contributed by atoms with Crippen LogP contribution in [-0.2, 0) is 9.59 Å². The summed E-state index contributed by atoms with van der Waals surface area (Å²) in [5.41, 5.74) is 1.40. The van der Waals surface area contributed by atoms with Gasteiger partial charge in [-0.05, 0) is 65.8 Å². The molecule has 22 heavy (non-hydrogen) atoms. The number of carbonyl (C=O) groups excluding carboxylic acids is 2. The van der Waals surface area contributed by atoms with E-state index in [-0.39, 0.29) is 11.3 Å². The van der Waals surface area contributed by atoms with Crippen LogP contribution in [-0.4, -0.2) is 12.6 Å². The molecule has 0 spiro atoms. The van der Waals surface area contributed by atoms with Crippen LogP contribution in [0.15, 0.2) is 11.6 Å². The molecular weight excluding hydrogens is 272 g/mol. The van der Waals surface area contributed by atoms with Crippen molar-refractivity contribution in [2.24, 2.45) is 34.0 Å². The van der Waals surface area contributed by atoms with Crippen molar-refractivity contribution in [1.29, 1.82) is 0 Å². The Morgan fingerprint density at radius 3 is 2.36 bits per heavy atom. The Morgan fingerprint density at radius 2 is 1.73 bits per heavy atom. The van der Waals surface area contributed by atoms with Crippen molar-refractivity contribution < 1.29 is 9.59 Å². The van der Waals surface area contributed by atoms with Crippen LogP contribution in [0, 0.1) is 34.0 Å². The summed E-state index contributed by atoms with van der Waals surface area (Å²) in [7, 11) is 0. The number of hydrogen-bond donors (Lipinski definition) is 0. The van der Waals surface area contributed by atoms with E-state index in [9.17, 15) is 9.59 Å². The number of aldehydes is 2. The van der Waals surface area contributed by atoms with Crippen molar-refractivity contribution >= 4 is 12.6 Å². The van der Waals surface area contributed by atoms with E-state index in [1.165, 1.54) is 25.7 Å². The molecule has 0 aromatic rings. The first-order valence-electron chi connectivity index (χ1n) is 8.90. The van der Waals surface area contributed by atoms with Gasteiger partial charge in [0.05, 0.1) is 0 Å². The van der Waals surface area contributed by atoms with Gasteiger partial charge < -0.3 is 4.79 Å². The van der Waals surface area contributed by atoms with E-state index in [1.807, 2.05) is 0 Å². The minimum absolute atomic E-state index is 0.0363. The molecule has 2 unspecified atom stereocenters. The van der Waals surface area contributed by atoms with Gasteiger partial charge in [-0.3, -0.25) is 4.79 Å². The molecule has 0 heterocycles. The molecule has 0 N–H and O–H groups in total. The van der Waals surface area contributed by atoms with Gasteiger partial charge in [0, 0.05) is 5.92 Å². The summed E-state index contributed by atoms with van der Waals surface area (Å²) >= 11 is 0. The third kappa shape index (κ3) is 1.98. The van der Waals surface area contributed by atoms with E-state index in [2.05, 4.69) is 33.8 Å². The zero-order valence-corrected chi connectivity index (χ0v) is 14.5. The average molecular weight is 302 g/mol. The van der Waals surface area contributed by atoms with Gasteiger partial charge in [0.25, 0.3) is 0 Å². The SMILES string of the molecule is CC1(C)CCC[C@@]2(C)C1CC[C@]1(C)C2CC=C(C=O)[C@H]1C=O. The van der Waals surface area contributed by atoms with Crippen LogP contribution in [0.5, 0.6) is 0 Å². The van der Waals surface area contributed by atoms with Gasteiger partial charge in [-0.1, -0.05) is 40.2 Å². The van der Waals surface area contributed by atoms with Crippen LogP contribution in [0.3, 0.4) is 0 Å². The molecule has 2 fully saturated rings. The fraction of sp³-hybridized carbons (Fsp3) is 0.800. The molecule has 0 aromatic heterocycles. The lowest BCUT2D eigenvalue weighted by Crippen LogP contribution is -2.58. The Morgan fingerprint density at radius 1 is 1.00 bits per heavy atom. The average Bonchev–Trinajstić information content (AvgIpc) is 2.44. The highest BCUT2D eigenvalue weighted by Gasteiger charge is 2.60. The van der Waals surface area contributed by atoms with Crippen molar-refractivity contribution in [3.8, 4) is 0 Å². The second-order valence-electron chi connectivity index (χ2n) is 9.17. The maximum Gasteiger partial charge on any atom is 0.146 e. The highest BCUT2D eigenvalue weighted by Crippen LogP contribution is 2.67. The molecule has 3 aliphatic rings. The molecule has 122 valence electrons. The normalized spacial score (nSPS) is 46.9. The second-order valence-corrected chi connectivity index (χ2v) is 9.17. The van der Waals surface area contributed by atoms with Crippen LogP contribution < -0.4 is 0 Å². The predicted molar refractivity (Wildman–Crippen MR) is 88.4 cm³/mol. The van der Waals surface area contributed by atoms with Gasteiger partial charge in [0.15, 0.2) is 0 Å².